The Balaban J connectivity index is 2.69. The third-order valence-electron chi connectivity index (χ3n) is 2.95. The third kappa shape index (κ3) is 4.42. The van der Waals surface area contributed by atoms with Gasteiger partial charge in [0, 0.05) is 10.9 Å². The monoisotopic (exact) mass is 312 g/mol. The van der Waals surface area contributed by atoms with Gasteiger partial charge in [-0.15, -0.1) is 0 Å². The van der Waals surface area contributed by atoms with Crippen molar-refractivity contribution in [1.82, 2.24) is 5.32 Å². The lowest BCUT2D eigenvalue weighted by Gasteiger charge is -2.27. The highest BCUT2D eigenvalue weighted by Gasteiger charge is 2.23. The minimum Gasteiger partial charge on any atom is -0.347 e. The van der Waals surface area contributed by atoms with Crippen LogP contribution in [0, 0.1) is 5.92 Å². The Bertz CT molecular complexity index is 401. The maximum absolute atomic E-state index is 11.9. The molecular formula is C14H21BrN2O. The van der Waals surface area contributed by atoms with E-state index in [4.69, 9.17) is 5.73 Å². The van der Waals surface area contributed by atoms with Crippen LogP contribution in [0.1, 0.15) is 32.8 Å². The highest BCUT2D eigenvalue weighted by atomic mass is 79.9. The van der Waals surface area contributed by atoms with Gasteiger partial charge in [-0.2, -0.15) is 0 Å². The molecule has 100 valence electrons. The van der Waals surface area contributed by atoms with Gasteiger partial charge in [0.1, 0.15) is 0 Å². The Morgan fingerprint density at radius 1 is 1.39 bits per heavy atom. The lowest BCUT2D eigenvalue weighted by molar-refractivity contribution is -0.123. The summed E-state index contributed by atoms with van der Waals surface area (Å²) < 4.78 is 1.03. The van der Waals surface area contributed by atoms with Crippen LogP contribution in [0.25, 0.3) is 0 Å². The number of hydrogen-bond donors (Lipinski definition) is 2. The van der Waals surface area contributed by atoms with Crippen molar-refractivity contribution in [3.8, 4) is 0 Å². The second-order valence-electron chi connectivity index (χ2n) is 5.23. The molecule has 4 heteroatoms. The topological polar surface area (TPSA) is 55.1 Å². The van der Waals surface area contributed by atoms with E-state index in [9.17, 15) is 4.79 Å². The summed E-state index contributed by atoms with van der Waals surface area (Å²) in [5, 5.41) is 3.05. The van der Waals surface area contributed by atoms with Crippen molar-refractivity contribution in [2.24, 2.45) is 11.7 Å². The first-order valence-electron chi connectivity index (χ1n) is 6.12. The van der Waals surface area contributed by atoms with Gasteiger partial charge in [0.2, 0.25) is 5.91 Å². The predicted molar refractivity (Wildman–Crippen MR) is 78.1 cm³/mol. The van der Waals surface area contributed by atoms with Crippen molar-refractivity contribution in [3.63, 3.8) is 0 Å². The largest absolute Gasteiger partial charge is 0.347 e. The molecule has 3 nitrogen and oxygen atoms in total. The van der Waals surface area contributed by atoms with Gasteiger partial charge in [0.05, 0.1) is 5.54 Å². The van der Waals surface area contributed by atoms with E-state index in [1.54, 1.807) is 0 Å². The molecule has 0 heterocycles. The molecule has 0 spiro atoms. The smallest absolute Gasteiger partial charge is 0.220 e. The SMILES string of the molecule is CC(CN)CC(=O)NC(C)(C)c1ccc(Br)cc1. The fraction of sp³-hybridized carbons (Fsp3) is 0.500. The maximum atomic E-state index is 11.9. The van der Waals surface area contributed by atoms with Crippen molar-refractivity contribution in [2.45, 2.75) is 32.7 Å². The van der Waals surface area contributed by atoms with Crippen molar-refractivity contribution >= 4 is 21.8 Å². The zero-order valence-corrected chi connectivity index (χ0v) is 12.8. The summed E-state index contributed by atoms with van der Waals surface area (Å²) in [6, 6.07) is 7.98. The average molecular weight is 313 g/mol. The summed E-state index contributed by atoms with van der Waals surface area (Å²) in [5.74, 6) is 0.256. The van der Waals surface area contributed by atoms with E-state index in [0.29, 0.717) is 13.0 Å². The molecule has 1 rings (SSSR count). The van der Waals surface area contributed by atoms with Crippen LogP contribution in [0.3, 0.4) is 0 Å². The molecule has 0 fully saturated rings. The summed E-state index contributed by atoms with van der Waals surface area (Å²) in [7, 11) is 0. The van der Waals surface area contributed by atoms with Gasteiger partial charge in [0.25, 0.3) is 0 Å². The summed E-state index contributed by atoms with van der Waals surface area (Å²) in [5.41, 5.74) is 6.24. The van der Waals surface area contributed by atoms with E-state index in [1.807, 2.05) is 45.0 Å². The lowest BCUT2D eigenvalue weighted by atomic mass is 9.93. The molecule has 1 aromatic carbocycles. The molecule has 0 aliphatic heterocycles. The highest BCUT2D eigenvalue weighted by Crippen LogP contribution is 2.22. The second kappa shape index (κ2) is 6.34. The first-order chi connectivity index (χ1) is 8.35. The molecule has 1 amide bonds. The van der Waals surface area contributed by atoms with Crippen LogP contribution in [0.4, 0.5) is 0 Å². The van der Waals surface area contributed by atoms with Crippen LogP contribution in [0.2, 0.25) is 0 Å². The molecule has 0 saturated carbocycles. The number of amides is 1. The van der Waals surface area contributed by atoms with Gasteiger partial charge in [-0.05, 0) is 44.0 Å². The fourth-order valence-corrected chi connectivity index (χ4v) is 2.00. The molecule has 3 N–H and O–H groups in total. The molecule has 18 heavy (non-hydrogen) atoms. The van der Waals surface area contributed by atoms with E-state index in [0.717, 1.165) is 10.0 Å². The molecule has 0 saturated heterocycles. The van der Waals surface area contributed by atoms with Crippen LogP contribution >= 0.6 is 15.9 Å². The van der Waals surface area contributed by atoms with E-state index in [-0.39, 0.29) is 17.4 Å². The molecular weight excluding hydrogens is 292 g/mol. The third-order valence-corrected chi connectivity index (χ3v) is 3.48. The van der Waals surface area contributed by atoms with E-state index in [1.165, 1.54) is 0 Å². The van der Waals surface area contributed by atoms with Crippen molar-refractivity contribution in [1.29, 1.82) is 0 Å². The van der Waals surface area contributed by atoms with Gasteiger partial charge in [-0.25, -0.2) is 0 Å². The number of hydrogen-bond acceptors (Lipinski definition) is 2. The number of carbonyl (C=O) groups is 1. The van der Waals surface area contributed by atoms with Gasteiger partial charge in [-0.3, -0.25) is 4.79 Å². The first kappa shape index (κ1) is 15.2. The van der Waals surface area contributed by atoms with Crippen molar-refractivity contribution < 1.29 is 4.79 Å². The van der Waals surface area contributed by atoms with E-state index < -0.39 is 0 Å². The molecule has 0 radical (unpaired) electrons. The summed E-state index contributed by atoms with van der Waals surface area (Å²) in [6.45, 7) is 6.51. The summed E-state index contributed by atoms with van der Waals surface area (Å²) in [4.78, 5) is 11.9. The highest BCUT2D eigenvalue weighted by molar-refractivity contribution is 9.10. The van der Waals surface area contributed by atoms with Crippen molar-refractivity contribution in [2.75, 3.05) is 6.54 Å². The fourth-order valence-electron chi connectivity index (χ4n) is 1.74. The van der Waals surface area contributed by atoms with Crippen LogP contribution in [0.5, 0.6) is 0 Å². The van der Waals surface area contributed by atoms with Gasteiger partial charge < -0.3 is 11.1 Å². The molecule has 0 aliphatic carbocycles. The second-order valence-corrected chi connectivity index (χ2v) is 6.14. The quantitative estimate of drug-likeness (QED) is 0.878. The minimum absolute atomic E-state index is 0.0425. The van der Waals surface area contributed by atoms with Gasteiger partial charge in [-0.1, -0.05) is 35.0 Å². The number of nitrogens with one attached hydrogen (secondary N) is 1. The molecule has 1 unspecified atom stereocenters. The normalized spacial score (nSPS) is 13.2. The first-order valence-corrected chi connectivity index (χ1v) is 6.91. The van der Waals surface area contributed by atoms with Crippen LogP contribution in [-0.2, 0) is 10.3 Å². The maximum Gasteiger partial charge on any atom is 0.220 e. The van der Waals surface area contributed by atoms with Gasteiger partial charge >= 0.3 is 0 Å². The number of halogens is 1. The Morgan fingerprint density at radius 3 is 2.44 bits per heavy atom. The molecule has 0 aromatic heterocycles. The number of carbonyl (C=O) groups excluding carboxylic acids is 1. The predicted octanol–water partition coefficient (Wildman–Crippen LogP) is 2.79. The number of nitrogens with two attached hydrogens (primary N) is 1. The Labute approximate surface area is 117 Å². The van der Waals surface area contributed by atoms with Gasteiger partial charge in [0.15, 0.2) is 0 Å². The standard InChI is InChI=1S/C14H21BrN2O/c1-10(9-16)8-13(18)17-14(2,3)11-4-6-12(15)7-5-11/h4-7,10H,8-9,16H2,1-3H3,(H,17,18). The zero-order valence-electron chi connectivity index (χ0n) is 11.2. The molecule has 1 atom stereocenters. The molecule has 0 bridgehead atoms. The van der Waals surface area contributed by atoms with Crippen LogP contribution < -0.4 is 11.1 Å². The Morgan fingerprint density at radius 2 is 1.94 bits per heavy atom. The van der Waals surface area contributed by atoms with Crippen LogP contribution in [0.15, 0.2) is 28.7 Å². The van der Waals surface area contributed by atoms with Crippen LogP contribution in [-0.4, -0.2) is 12.5 Å². The summed E-state index contributed by atoms with van der Waals surface area (Å²) in [6.07, 6.45) is 0.469. The van der Waals surface area contributed by atoms with E-state index in [2.05, 4.69) is 21.2 Å². The summed E-state index contributed by atoms with van der Waals surface area (Å²) >= 11 is 3.40. The Kier molecular flexibility index (Phi) is 5.35. The zero-order chi connectivity index (χ0) is 13.8. The van der Waals surface area contributed by atoms with Crippen molar-refractivity contribution in [3.05, 3.63) is 34.3 Å². The number of benzene rings is 1. The number of rotatable bonds is 5. The average Bonchev–Trinajstić information content (AvgIpc) is 2.28. The molecule has 0 aliphatic rings. The lowest BCUT2D eigenvalue weighted by Crippen LogP contribution is -2.41. The minimum atomic E-state index is -0.369. The van der Waals surface area contributed by atoms with E-state index >= 15 is 0 Å². The molecule has 1 aromatic rings. The Hall–Kier alpha value is -0.870.